The number of nitrogens with zero attached hydrogens (tertiary/aromatic N) is 1. The number of piperidine rings is 1. The SMILES string of the molecule is C=CC1(NCCCC)CCN(Cc2ccccc2)CC1. The average molecular weight is 272 g/mol. The third kappa shape index (κ3) is 4.19. The Kier molecular flexibility index (Phi) is 5.81. The van der Waals surface area contributed by atoms with Crippen molar-refractivity contribution in [1.82, 2.24) is 10.2 Å². The van der Waals surface area contributed by atoms with Gasteiger partial charge in [-0.1, -0.05) is 49.8 Å². The summed E-state index contributed by atoms with van der Waals surface area (Å²) in [6.07, 6.45) is 6.99. The second-order valence-electron chi connectivity index (χ2n) is 5.90. The first-order valence-electron chi connectivity index (χ1n) is 7.93. The molecular formula is C18H28N2. The molecular weight excluding hydrogens is 244 g/mol. The molecule has 0 spiro atoms. The van der Waals surface area contributed by atoms with Crippen LogP contribution in [-0.2, 0) is 6.54 Å². The molecule has 20 heavy (non-hydrogen) atoms. The van der Waals surface area contributed by atoms with E-state index in [9.17, 15) is 0 Å². The van der Waals surface area contributed by atoms with Gasteiger partial charge in [0.25, 0.3) is 0 Å². The van der Waals surface area contributed by atoms with E-state index in [1.54, 1.807) is 0 Å². The third-order valence-electron chi connectivity index (χ3n) is 4.40. The molecule has 0 aliphatic carbocycles. The van der Waals surface area contributed by atoms with Crippen molar-refractivity contribution < 1.29 is 0 Å². The van der Waals surface area contributed by atoms with Crippen molar-refractivity contribution in [1.29, 1.82) is 0 Å². The zero-order chi connectivity index (χ0) is 14.3. The van der Waals surface area contributed by atoms with E-state index in [1.807, 2.05) is 0 Å². The van der Waals surface area contributed by atoms with Gasteiger partial charge in [-0.3, -0.25) is 4.90 Å². The second-order valence-corrected chi connectivity index (χ2v) is 5.90. The summed E-state index contributed by atoms with van der Waals surface area (Å²) in [5.74, 6) is 0. The molecule has 1 N–H and O–H groups in total. The van der Waals surface area contributed by atoms with E-state index in [0.717, 1.165) is 26.2 Å². The fourth-order valence-corrected chi connectivity index (χ4v) is 2.92. The van der Waals surface area contributed by atoms with E-state index in [1.165, 1.54) is 31.2 Å². The summed E-state index contributed by atoms with van der Waals surface area (Å²) in [5.41, 5.74) is 1.58. The number of hydrogen-bond donors (Lipinski definition) is 1. The van der Waals surface area contributed by atoms with Gasteiger partial charge >= 0.3 is 0 Å². The Morgan fingerprint density at radius 2 is 1.95 bits per heavy atom. The van der Waals surface area contributed by atoms with Crippen LogP contribution in [0.25, 0.3) is 0 Å². The maximum Gasteiger partial charge on any atom is 0.0386 e. The molecule has 1 aromatic carbocycles. The third-order valence-corrected chi connectivity index (χ3v) is 4.40. The second kappa shape index (κ2) is 7.61. The van der Waals surface area contributed by atoms with Gasteiger partial charge in [-0.15, -0.1) is 6.58 Å². The van der Waals surface area contributed by atoms with Crippen LogP contribution in [0.2, 0.25) is 0 Å². The van der Waals surface area contributed by atoms with Gasteiger partial charge in [0.05, 0.1) is 0 Å². The van der Waals surface area contributed by atoms with Crippen molar-refractivity contribution in [2.45, 2.75) is 44.7 Å². The molecule has 0 amide bonds. The Labute approximate surface area is 123 Å². The minimum Gasteiger partial charge on any atom is -0.308 e. The Hall–Kier alpha value is -1.12. The topological polar surface area (TPSA) is 15.3 Å². The first-order chi connectivity index (χ1) is 9.78. The highest BCUT2D eigenvalue weighted by atomic mass is 15.1. The number of benzene rings is 1. The molecule has 0 unspecified atom stereocenters. The van der Waals surface area contributed by atoms with Crippen molar-refractivity contribution in [2.24, 2.45) is 0 Å². The molecule has 0 atom stereocenters. The lowest BCUT2D eigenvalue weighted by Gasteiger charge is -2.40. The van der Waals surface area contributed by atoms with Crippen LogP contribution in [0.5, 0.6) is 0 Å². The zero-order valence-electron chi connectivity index (χ0n) is 12.8. The highest BCUT2D eigenvalue weighted by molar-refractivity contribution is 5.15. The van der Waals surface area contributed by atoms with E-state index >= 15 is 0 Å². The van der Waals surface area contributed by atoms with Gasteiger partial charge in [0.1, 0.15) is 0 Å². The molecule has 2 heteroatoms. The maximum atomic E-state index is 4.06. The Balaban J connectivity index is 1.82. The van der Waals surface area contributed by atoms with Crippen LogP contribution in [0.4, 0.5) is 0 Å². The highest BCUT2D eigenvalue weighted by Gasteiger charge is 2.30. The summed E-state index contributed by atoms with van der Waals surface area (Å²) in [6, 6.07) is 10.8. The van der Waals surface area contributed by atoms with Crippen molar-refractivity contribution in [2.75, 3.05) is 19.6 Å². The van der Waals surface area contributed by atoms with Gasteiger partial charge < -0.3 is 5.32 Å². The van der Waals surface area contributed by atoms with Crippen molar-refractivity contribution in [3.63, 3.8) is 0 Å². The molecule has 2 rings (SSSR count). The first kappa shape index (κ1) is 15.3. The smallest absolute Gasteiger partial charge is 0.0386 e. The number of likely N-dealkylation sites (tertiary alicyclic amines) is 1. The van der Waals surface area contributed by atoms with Crippen molar-refractivity contribution in [3.8, 4) is 0 Å². The summed E-state index contributed by atoms with van der Waals surface area (Å²) in [4.78, 5) is 2.55. The predicted molar refractivity (Wildman–Crippen MR) is 86.8 cm³/mol. The molecule has 1 aliphatic heterocycles. The van der Waals surface area contributed by atoms with Crippen LogP contribution in [0, 0.1) is 0 Å². The standard InChI is InChI=1S/C18H28N2/c1-3-5-13-19-18(4-2)11-14-20(15-12-18)16-17-9-7-6-8-10-17/h4,6-10,19H,2-3,5,11-16H2,1H3. The van der Waals surface area contributed by atoms with Crippen LogP contribution < -0.4 is 5.32 Å². The van der Waals surface area contributed by atoms with Gasteiger partial charge in [0.2, 0.25) is 0 Å². The highest BCUT2D eigenvalue weighted by Crippen LogP contribution is 2.24. The number of nitrogens with one attached hydrogen (secondary N) is 1. The van der Waals surface area contributed by atoms with Gasteiger partial charge in [0, 0.05) is 25.2 Å². The summed E-state index contributed by atoms with van der Waals surface area (Å²) in [7, 11) is 0. The molecule has 1 saturated heterocycles. The molecule has 0 bridgehead atoms. The number of rotatable bonds is 7. The van der Waals surface area contributed by atoms with Gasteiger partial charge in [-0.2, -0.15) is 0 Å². The summed E-state index contributed by atoms with van der Waals surface area (Å²) >= 11 is 0. The molecule has 110 valence electrons. The molecule has 0 aromatic heterocycles. The average Bonchev–Trinajstić information content (AvgIpc) is 2.51. The molecule has 1 fully saturated rings. The van der Waals surface area contributed by atoms with Gasteiger partial charge in [-0.05, 0) is 31.4 Å². The fourth-order valence-electron chi connectivity index (χ4n) is 2.92. The summed E-state index contributed by atoms with van der Waals surface area (Å²) < 4.78 is 0. The largest absolute Gasteiger partial charge is 0.308 e. The molecule has 1 aromatic rings. The van der Waals surface area contributed by atoms with E-state index < -0.39 is 0 Å². The van der Waals surface area contributed by atoms with E-state index in [2.05, 4.69) is 60.1 Å². The van der Waals surface area contributed by atoms with Crippen LogP contribution >= 0.6 is 0 Å². The van der Waals surface area contributed by atoms with E-state index in [0.29, 0.717) is 0 Å². The minimum atomic E-state index is 0.169. The summed E-state index contributed by atoms with van der Waals surface area (Å²) in [5, 5.41) is 3.73. The Morgan fingerprint density at radius 1 is 1.25 bits per heavy atom. The number of unbranched alkanes of at least 4 members (excludes halogenated alkanes) is 1. The minimum absolute atomic E-state index is 0.169. The monoisotopic (exact) mass is 272 g/mol. The van der Waals surface area contributed by atoms with E-state index in [4.69, 9.17) is 0 Å². The normalized spacial score (nSPS) is 18.9. The lowest BCUT2D eigenvalue weighted by Crippen LogP contribution is -2.52. The quantitative estimate of drug-likeness (QED) is 0.603. The molecule has 0 radical (unpaired) electrons. The summed E-state index contributed by atoms with van der Waals surface area (Å²) in [6.45, 7) is 10.8. The maximum absolute atomic E-state index is 4.06. The fraction of sp³-hybridized carbons (Fsp3) is 0.556. The lowest BCUT2D eigenvalue weighted by atomic mass is 9.87. The number of hydrogen-bond acceptors (Lipinski definition) is 2. The predicted octanol–water partition coefficient (Wildman–Crippen LogP) is 3.60. The van der Waals surface area contributed by atoms with Crippen molar-refractivity contribution >= 4 is 0 Å². The van der Waals surface area contributed by atoms with Gasteiger partial charge in [-0.25, -0.2) is 0 Å². The first-order valence-corrected chi connectivity index (χ1v) is 7.93. The van der Waals surface area contributed by atoms with Gasteiger partial charge in [0.15, 0.2) is 0 Å². The van der Waals surface area contributed by atoms with Crippen LogP contribution in [0.3, 0.4) is 0 Å². The van der Waals surface area contributed by atoms with Crippen molar-refractivity contribution in [3.05, 3.63) is 48.6 Å². The molecule has 2 nitrogen and oxygen atoms in total. The van der Waals surface area contributed by atoms with Crippen LogP contribution in [0.15, 0.2) is 43.0 Å². The van der Waals surface area contributed by atoms with Crippen LogP contribution in [0.1, 0.15) is 38.2 Å². The Bertz CT molecular complexity index is 391. The molecule has 0 saturated carbocycles. The lowest BCUT2D eigenvalue weighted by molar-refractivity contribution is 0.156. The molecule has 1 heterocycles. The Morgan fingerprint density at radius 3 is 2.55 bits per heavy atom. The van der Waals surface area contributed by atoms with E-state index in [-0.39, 0.29) is 5.54 Å². The van der Waals surface area contributed by atoms with Crippen LogP contribution in [-0.4, -0.2) is 30.1 Å². The zero-order valence-corrected chi connectivity index (χ0v) is 12.8. The molecule has 1 aliphatic rings.